The van der Waals surface area contributed by atoms with Gasteiger partial charge in [0, 0.05) is 11.1 Å². The van der Waals surface area contributed by atoms with E-state index in [1.165, 1.54) is 0 Å². The second-order valence-electron chi connectivity index (χ2n) is 3.63. The van der Waals surface area contributed by atoms with E-state index in [4.69, 9.17) is 27.9 Å². The van der Waals surface area contributed by atoms with E-state index in [0.717, 1.165) is 22.4 Å². The molecule has 3 rings (SSSR count). The third-order valence-corrected chi connectivity index (χ3v) is 3.32. The second-order valence-corrected chi connectivity index (χ2v) is 4.44. The van der Waals surface area contributed by atoms with E-state index in [-0.39, 0.29) is 0 Å². The predicted octanol–water partition coefficient (Wildman–Crippen LogP) is 4.64. The van der Waals surface area contributed by atoms with E-state index in [2.05, 4.69) is 0 Å². The molecule has 0 N–H and O–H groups in total. The van der Waals surface area contributed by atoms with Gasteiger partial charge >= 0.3 is 0 Å². The summed E-state index contributed by atoms with van der Waals surface area (Å²) >= 11 is 12.4. The molecule has 0 aliphatic carbocycles. The van der Waals surface area contributed by atoms with Crippen molar-refractivity contribution in [2.75, 3.05) is 0 Å². The summed E-state index contributed by atoms with van der Waals surface area (Å²) in [5.74, 6) is 0.742. The number of hydrogen-bond donors (Lipinski definition) is 0. The molecule has 1 heterocycles. The van der Waals surface area contributed by atoms with E-state index >= 15 is 0 Å². The SMILES string of the molecule is Clc1cccc2c1-c1ccccc1C(Cl)O2. The molecule has 16 heavy (non-hydrogen) atoms. The summed E-state index contributed by atoms with van der Waals surface area (Å²) in [5.41, 5.74) is 2.50. The van der Waals surface area contributed by atoms with Gasteiger partial charge in [0.2, 0.25) is 0 Å². The molecule has 80 valence electrons. The molecule has 0 saturated carbocycles. The molecule has 0 radical (unpaired) electrons. The van der Waals surface area contributed by atoms with Crippen molar-refractivity contribution in [3.63, 3.8) is 0 Å². The molecule has 1 aliphatic rings. The van der Waals surface area contributed by atoms with E-state index in [0.29, 0.717) is 5.02 Å². The van der Waals surface area contributed by atoms with Crippen molar-refractivity contribution in [2.24, 2.45) is 0 Å². The summed E-state index contributed by atoms with van der Waals surface area (Å²) in [6.07, 6.45) is 0. The highest BCUT2D eigenvalue weighted by molar-refractivity contribution is 6.34. The Bertz CT molecular complexity index is 551. The Kier molecular flexibility index (Phi) is 2.31. The topological polar surface area (TPSA) is 9.23 Å². The van der Waals surface area contributed by atoms with Crippen LogP contribution in [-0.2, 0) is 0 Å². The molecule has 0 spiro atoms. The fourth-order valence-corrected chi connectivity index (χ4v) is 2.52. The summed E-state index contributed by atoms with van der Waals surface area (Å²) in [6.45, 7) is 0. The van der Waals surface area contributed by atoms with Crippen LogP contribution >= 0.6 is 23.2 Å². The third-order valence-electron chi connectivity index (χ3n) is 2.68. The lowest BCUT2D eigenvalue weighted by Crippen LogP contribution is -2.08. The monoisotopic (exact) mass is 250 g/mol. The Morgan fingerprint density at radius 1 is 1.00 bits per heavy atom. The molecule has 2 aromatic rings. The van der Waals surface area contributed by atoms with Crippen LogP contribution in [0, 0.1) is 0 Å². The zero-order valence-electron chi connectivity index (χ0n) is 8.28. The highest BCUT2D eigenvalue weighted by Gasteiger charge is 2.25. The van der Waals surface area contributed by atoms with Crippen molar-refractivity contribution >= 4 is 23.2 Å². The molecular formula is C13H8Cl2O. The van der Waals surface area contributed by atoms with Crippen molar-refractivity contribution in [1.82, 2.24) is 0 Å². The van der Waals surface area contributed by atoms with Crippen LogP contribution in [0.25, 0.3) is 11.1 Å². The van der Waals surface area contributed by atoms with Crippen molar-refractivity contribution < 1.29 is 4.74 Å². The van der Waals surface area contributed by atoms with Gasteiger partial charge in [-0.15, -0.1) is 0 Å². The van der Waals surface area contributed by atoms with Crippen molar-refractivity contribution in [3.8, 4) is 16.9 Å². The fourth-order valence-electron chi connectivity index (χ4n) is 1.96. The smallest absolute Gasteiger partial charge is 0.198 e. The third kappa shape index (κ3) is 1.40. The molecule has 1 aliphatic heterocycles. The average Bonchev–Trinajstić information content (AvgIpc) is 2.29. The van der Waals surface area contributed by atoms with Crippen LogP contribution in [-0.4, -0.2) is 0 Å². The number of hydrogen-bond acceptors (Lipinski definition) is 1. The van der Waals surface area contributed by atoms with Crippen LogP contribution in [0.1, 0.15) is 11.1 Å². The van der Waals surface area contributed by atoms with Gasteiger partial charge in [0.1, 0.15) is 5.75 Å². The van der Waals surface area contributed by atoms with E-state index < -0.39 is 5.56 Å². The van der Waals surface area contributed by atoms with Crippen LogP contribution in [0.5, 0.6) is 5.75 Å². The molecule has 0 saturated heterocycles. The van der Waals surface area contributed by atoms with Crippen molar-refractivity contribution in [3.05, 3.63) is 53.1 Å². The van der Waals surface area contributed by atoms with Gasteiger partial charge < -0.3 is 4.74 Å². The second kappa shape index (κ2) is 3.69. The molecule has 2 aromatic carbocycles. The van der Waals surface area contributed by atoms with Crippen LogP contribution in [0.3, 0.4) is 0 Å². The van der Waals surface area contributed by atoms with Gasteiger partial charge in [-0.25, -0.2) is 0 Å². The summed E-state index contributed by atoms with van der Waals surface area (Å²) in [4.78, 5) is 0. The minimum absolute atomic E-state index is 0.442. The number of halogens is 2. The highest BCUT2D eigenvalue weighted by atomic mass is 35.5. The van der Waals surface area contributed by atoms with E-state index in [9.17, 15) is 0 Å². The van der Waals surface area contributed by atoms with Gasteiger partial charge in [-0.05, 0) is 17.7 Å². The van der Waals surface area contributed by atoms with E-state index in [1.54, 1.807) is 0 Å². The first kappa shape index (κ1) is 10.0. The standard InChI is InChI=1S/C13H8Cl2O/c14-10-6-3-7-11-12(10)8-4-1-2-5-9(8)13(15)16-11/h1-7,13H. The molecule has 1 atom stereocenters. The lowest BCUT2D eigenvalue weighted by molar-refractivity contribution is 0.284. The zero-order valence-corrected chi connectivity index (χ0v) is 9.79. The Morgan fingerprint density at radius 3 is 2.69 bits per heavy atom. The van der Waals surface area contributed by atoms with Gasteiger partial charge in [0.05, 0.1) is 5.02 Å². The zero-order chi connectivity index (χ0) is 11.1. The van der Waals surface area contributed by atoms with E-state index in [1.807, 2.05) is 42.5 Å². The summed E-state index contributed by atoms with van der Waals surface area (Å²) < 4.78 is 5.62. The fraction of sp³-hybridized carbons (Fsp3) is 0.0769. The van der Waals surface area contributed by atoms with Gasteiger partial charge in [0.15, 0.2) is 5.56 Å². The first-order valence-electron chi connectivity index (χ1n) is 4.96. The maximum Gasteiger partial charge on any atom is 0.198 e. The molecule has 0 amide bonds. The lowest BCUT2D eigenvalue weighted by atomic mass is 9.97. The Hall–Kier alpha value is -1.18. The molecule has 1 unspecified atom stereocenters. The molecule has 1 nitrogen and oxygen atoms in total. The number of fused-ring (bicyclic) bond motifs is 3. The van der Waals surface area contributed by atoms with Crippen LogP contribution in [0.4, 0.5) is 0 Å². The lowest BCUT2D eigenvalue weighted by Gasteiger charge is -2.25. The van der Waals surface area contributed by atoms with Crippen molar-refractivity contribution in [2.45, 2.75) is 5.56 Å². The molecule has 0 aromatic heterocycles. The average molecular weight is 251 g/mol. The van der Waals surface area contributed by atoms with Crippen LogP contribution < -0.4 is 4.74 Å². The number of benzene rings is 2. The van der Waals surface area contributed by atoms with Crippen LogP contribution in [0.2, 0.25) is 5.02 Å². The Labute approximate surface area is 104 Å². The molecular weight excluding hydrogens is 243 g/mol. The Morgan fingerprint density at radius 2 is 1.81 bits per heavy atom. The summed E-state index contributed by atoms with van der Waals surface area (Å²) in [7, 11) is 0. The maximum absolute atomic E-state index is 6.19. The first-order valence-corrected chi connectivity index (χ1v) is 5.77. The number of rotatable bonds is 0. The Balaban J connectivity index is 2.34. The molecule has 3 heteroatoms. The van der Waals surface area contributed by atoms with Gasteiger partial charge in [0.25, 0.3) is 0 Å². The molecule has 0 bridgehead atoms. The van der Waals surface area contributed by atoms with Gasteiger partial charge in [-0.3, -0.25) is 0 Å². The number of ether oxygens (including phenoxy) is 1. The number of alkyl halides is 1. The summed E-state index contributed by atoms with van der Waals surface area (Å²) in [6, 6.07) is 13.5. The largest absolute Gasteiger partial charge is 0.470 e. The normalized spacial score (nSPS) is 17.2. The van der Waals surface area contributed by atoms with Gasteiger partial charge in [-0.1, -0.05) is 53.5 Å². The first-order chi connectivity index (χ1) is 7.77. The van der Waals surface area contributed by atoms with Crippen molar-refractivity contribution in [1.29, 1.82) is 0 Å². The minimum atomic E-state index is -0.442. The highest BCUT2D eigenvalue weighted by Crippen LogP contribution is 2.46. The predicted molar refractivity (Wildman–Crippen MR) is 66.1 cm³/mol. The summed E-state index contributed by atoms with van der Waals surface area (Å²) in [5, 5.41) is 0.688. The molecule has 0 fully saturated rings. The van der Waals surface area contributed by atoms with Crippen LogP contribution in [0.15, 0.2) is 42.5 Å². The minimum Gasteiger partial charge on any atom is -0.470 e. The maximum atomic E-state index is 6.19. The van der Waals surface area contributed by atoms with Gasteiger partial charge in [-0.2, -0.15) is 0 Å². The quantitative estimate of drug-likeness (QED) is 0.620.